The summed E-state index contributed by atoms with van der Waals surface area (Å²) >= 11 is 0. The second-order valence-corrected chi connectivity index (χ2v) is 19.7. The van der Waals surface area contributed by atoms with Crippen LogP contribution in [0, 0.1) is 12.7 Å². The lowest BCUT2D eigenvalue weighted by Crippen LogP contribution is -2.53. The van der Waals surface area contributed by atoms with Crippen LogP contribution in [0.3, 0.4) is 0 Å². The zero-order valence-electron chi connectivity index (χ0n) is 43.5. The van der Waals surface area contributed by atoms with Crippen LogP contribution in [-0.2, 0) is 89.1 Å². The van der Waals surface area contributed by atoms with E-state index in [0.29, 0.717) is 33.2 Å². The number of benzene rings is 2. The number of carboxylic acid groups (broad SMARTS) is 1. The smallest absolute Gasteiger partial charge is 0.343 e. The summed E-state index contributed by atoms with van der Waals surface area (Å²) in [5, 5.41) is 33.3. The van der Waals surface area contributed by atoms with Crippen molar-refractivity contribution in [1.29, 1.82) is 0 Å². The monoisotopic (exact) mass is 1100 g/mol. The predicted molar refractivity (Wildman–Crippen MR) is 276 cm³/mol. The van der Waals surface area contributed by atoms with Gasteiger partial charge in [-0.25, -0.2) is 14.2 Å². The van der Waals surface area contributed by atoms with Crippen molar-refractivity contribution in [2.45, 2.75) is 102 Å². The third-order valence-electron chi connectivity index (χ3n) is 14.6. The summed E-state index contributed by atoms with van der Waals surface area (Å²) < 4.78 is 22.3. The van der Waals surface area contributed by atoms with Crippen molar-refractivity contribution in [3.8, 4) is 11.4 Å². The Hall–Kier alpha value is -9.20. The molecule has 9 N–H and O–H groups in total. The topological polar surface area (TPSA) is 365 Å². The normalized spacial score (nSPS) is 17.3. The van der Waals surface area contributed by atoms with Gasteiger partial charge in [-0.3, -0.25) is 57.6 Å². The molecule has 5 heterocycles. The number of aromatic nitrogens is 2. The first kappa shape index (κ1) is 57.0. The van der Waals surface area contributed by atoms with Gasteiger partial charge >= 0.3 is 11.9 Å². The van der Waals surface area contributed by atoms with Crippen LogP contribution in [0.15, 0.2) is 59.4 Å². The highest BCUT2D eigenvalue weighted by molar-refractivity contribution is 6.13. The molecule has 1 aliphatic carbocycles. The minimum Gasteiger partial charge on any atom is -0.481 e. The summed E-state index contributed by atoms with van der Waals surface area (Å²) in [5.74, 6) is -9.90. The van der Waals surface area contributed by atoms with E-state index >= 15 is 4.39 Å². The minimum absolute atomic E-state index is 0.0132. The van der Waals surface area contributed by atoms with Crippen LogP contribution in [-0.4, -0.2) is 139 Å². The van der Waals surface area contributed by atoms with E-state index in [-0.39, 0.29) is 99.2 Å². The zero-order chi connectivity index (χ0) is 57.7. The van der Waals surface area contributed by atoms with E-state index in [1.165, 1.54) is 21.6 Å². The molecule has 0 unspecified atom stereocenters. The van der Waals surface area contributed by atoms with E-state index < -0.39 is 126 Å². The average Bonchev–Trinajstić information content (AvgIpc) is 4.07. The average molecular weight is 1110 g/mol. The maximum absolute atomic E-state index is 15.7. The zero-order valence-corrected chi connectivity index (χ0v) is 43.5. The lowest BCUT2D eigenvalue weighted by Gasteiger charge is -2.37. The summed E-state index contributed by atoms with van der Waals surface area (Å²) in [5.41, 5.74) is 6.31. The van der Waals surface area contributed by atoms with E-state index in [1.54, 1.807) is 44.2 Å². The van der Waals surface area contributed by atoms with E-state index in [1.807, 2.05) is 0 Å². The SMILES string of the molecule is CC[C@@]1(O)C(=O)OCc2c1cc1n(c2=O)Cc2c-1nc1cc(F)c(C)c3c1c2[C@@H](N(CCC(N)=O)C(=O)CNC(=O)[C@H](Cc1ccccc1)NC(=O)CNC(=O)CNC(=O)[C@H](CC(=O)O)NC(=O)CCCN1C(=O)C=CC1=O)CC3. The number of esters is 1. The largest absolute Gasteiger partial charge is 0.481 e. The molecular weight excluding hydrogens is 1050 g/mol. The number of rotatable bonds is 23. The molecule has 0 saturated carbocycles. The van der Waals surface area contributed by atoms with Gasteiger partial charge in [0, 0.05) is 67.1 Å². The van der Waals surface area contributed by atoms with Crippen LogP contribution in [0.5, 0.6) is 0 Å². The fraction of sp³-hybridized carbons (Fsp3) is 0.389. The fourth-order valence-electron chi connectivity index (χ4n) is 10.5. The molecule has 3 aliphatic heterocycles. The highest BCUT2D eigenvalue weighted by Gasteiger charge is 2.46. The number of fused-ring (bicyclic) bond motifs is 5. The Morgan fingerprint density at radius 1 is 0.875 bits per heavy atom. The van der Waals surface area contributed by atoms with Crippen LogP contribution in [0.25, 0.3) is 22.3 Å². The quantitative estimate of drug-likeness (QED) is 0.0286. The summed E-state index contributed by atoms with van der Waals surface area (Å²) in [6.45, 7) is 0.223. The number of cyclic esters (lactones) is 1. The van der Waals surface area contributed by atoms with Gasteiger partial charge in [0.25, 0.3) is 17.4 Å². The van der Waals surface area contributed by atoms with Crippen molar-refractivity contribution in [3.63, 3.8) is 0 Å². The number of carbonyl (C=O) groups is 11. The maximum Gasteiger partial charge on any atom is 0.343 e. The van der Waals surface area contributed by atoms with Gasteiger partial charge in [-0.15, -0.1) is 0 Å². The van der Waals surface area contributed by atoms with E-state index in [0.717, 1.165) is 17.1 Å². The molecule has 25 nitrogen and oxygen atoms in total. The van der Waals surface area contributed by atoms with Crippen molar-refractivity contribution in [2.24, 2.45) is 5.73 Å². The van der Waals surface area contributed by atoms with E-state index in [4.69, 9.17) is 15.5 Å². The number of carboxylic acids is 1. The Morgan fingerprint density at radius 3 is 2.24 bits per heavy atom. The number of amides is 9. The highest BCUT2D eigenvalue weighted by Crippen LogP contribution is 2.47. The highest BCUT2D eigenvalue weighted by atomic mass is 19.1. The number of pyridine rings is 2. The molecule has 0 bridgehead atoms. The molecule has 26 heteroatoms. The summed E-state index contributed by atoms with van der Waals surface area (Å²) in [6.07, 6.45) is 0.945. The summed E-state index contributed by atoms with van der Waals surface area (Å²) in [6, 6.07) is 7.42. The van der Waals surface area contributed by atoms with Gasteiger partial charge in [-0.2, -0.15) is 0 Å². The molecule has 4 aromatic rings. The second-order valence-electron chi connectivity index (χ2n) is 19.7. The number of hydrogen-bond donors (Lipinski definition) is 8. The number of halogens is 1. The van der Waals surface area contributed by atoms with Crippen molar-refractivity contribution < 1.29 is 72.1 Å². The van der Waals surface area contributed by atoms with Crippen LogP contribution in [0.4, 0.5) is 4.39 Å². The number of aryl methyl sites for hydroxylation is 1. The molecule has 8 rings (SSSR count). The first-order valence-electron chi connectivity index (χ1n) is 25.7. The lowest BCUT2D eigenvalue weighted by molar-refractivity contribution is -0.172. The summed E-state index contributed by atoms with van der Waals surface area (Å²) in [4.78, 5) is 162. The van der Waals surface area contributed by atoms with Gasteiger partial charge in [0.1, 0.15) is 24.5 Å². The molecule has 420 valence electrons. The molecule has 2 aromatic heterocycles. The number of nitrogens with one attached hydrogen (secondary N) is 5. The minimum atomic E-state index is -2.14. The Labute approximate surface area is 454 Å². The molecule has 0 radical (unpaired) electrons. The number of primary amides is 1. The van der Waals surface area contributed by atoms with Crippen molar-refractivity contribution >= 4 is 76.0 Å². The van der Waals surface area contributed by atoms with Gasteiger partial charge in [-0.1, -0.05) is 37.3 Å². The fourth-order valence-corrected chi connectivity index (χ4v) is 10.5. The molecule has 80 heavy (non-hydrogen) atoms. The Kier molecular flexibility index (Phi) is 17.0. The van der Waals surface area contributed by atoms with Crippen molar-refractivity contribution in [3.05, 3.63) is 110 Å². The van der Waals surface area contributed by atoms with Crippen LogP contribution >= 0.6 is 0 Å². The lowest BCUT2D eigenvalue weighted by atomic mass is 9.81. The standard InChI is InChI=1S/C54H57FN10O15/c1-3-54(79)32-19-38-49-30(25-65(38)52(77)31(32)26-80-53(54)78)48-37(12-11-29-27(2)33(55)20-34(62-49)47(29)48)63(17-15-39(56)66)45(72)24-59-50(75)35(18-28-8-5-4-6-9-28)61-42(69)23-57-41(68)22-58-51(76)36(21-46(73)74)60-40(67)10-7-16-64-43(70)13-14-44(64)71/h4-6,8-9,13-14,19-20,35-37,79H,3,7,10-12,15-18,21-26H2,1-2H3,(H2,56,66)(H,57,68)(H,58,76)(H,59,75)(H,60,67)(H,61,69)(H,73,74)/t35-,36-,37-,54-/m0/s1. The third-order valence-corrected chi connectivity index (χ3v) is 14.6. The van der Waals surface area contributed by atoms with E-state index in [9.17, 15) is 67.7 Å². The molecule has 4 atom stereocenters. The number of hydrogen-bond acceptors (Lipinski definition) is 15. The third kappa shape index (κ3) is 11.9. The summed E-state index contributed by atoms with van der Waals surface area (Å²) in [7, 11) is 0. The number of aliphatic carboxylic acids is 1. The number of nitrogens with two attached hydrogens (primary N) is 1. The van der Waals surface area contributed by atoms with Crippen LogP contribution in [0.2, 0.25) is 0 Å². The number of ether oxygens (including phenoxy) is 1. The number of nitrogens with zero attached hydrogens (tertiary/aromatic N) is 4. The number of carbonyl (C=O) groups excluding carboxylic acids is 10. The molecule has 2 aromatic carbocycles. The molecule has 9 amide bonds. The molecule has 0 saturated heterocycles. The maximum atomic E-state index is 15.7. The molecule has 4 aliphatic rings. The van der Waals surface area contributed by atoms with Gasteiger partial charge in [-0.05, 0) is 60.9 Å². The van der Waals surface area contributed by atoms with Gasteiger partial charge in [0.2, 0.25) is 41.4 Å². The first-order valence-corrected chi connectivity index (χ1v) is 25.7. The molecular formula is C54H57FN10O15. The first-order chi connectivity index (χ1) is 38.1. The van der Waals surface area contributed by atoms with Crippen molar-refractivity contribution in [1.82, 2.24) is 45.9 Å². The van der Waals surface area contributed by atoms with Crippen LogP contribution < -0.4 is 37.9 Å². The Morgan fingerprint density at radius 2 is 1.55 bits per heavy atom. The van der Waals surface area contributed by atoms with E-state index in [2.05, 4.69) is 26.6 Å². The van der Waals surface area contributed by atoms with Gasteiger partial charge < -0.3 is 56.7 Å². The number of aliphatic hydroxyl groups is 1. The van der Waals surface area contributed by atoms with Gasteiger partial charge in [0.15, 0.2) is 5.60 Å². The van der Waals surface area contributed by atoms with Crippen LogP contribution in [0.1, 0.15) is 90.4 Å². The second kappa shape index (κ2) is 23.8. The Bertz CT molecular complexity index is 3360. The predicted octanol–water partition coefficient (Wildman–Crippen LogP) is -1.04. The van der Waals surface area contributed by atoms with Gasteiger partial charge in [0.05, 0.1) is 61.1 Å². The Balaban J connectivity index is 0.957. The molecule has 0 spiro atoms. The molecule has 0 fully saturated rings. The van der Waals surface area contributed by atoms with Crippen molar-refractivity contribution in [2.75, 3.05) is 32.7 Å². The number of imide groups is 1.